The summed E-state index contributed by atoms with van der Waals surface area (Å²) in [4.78, 5) is 0. The van der Waals surface area contributed by atoms with Gasteiger partial charge < -0.3 is 0 Å². The molecule has 0 bridgehead atoms. The Morgan fingerprint density at radius 3 is 2.31 bits per heavy atom. The Morgan fingerprint density at radius 1 is 1.06 bits per heavy atom. The van der Waals surface area contributed by atoms with Gasteiger partial charge in [-0.15, -0.1) is 0 Å². The number of unbranched alkanes of at least 4 members (excludes halogenated alkanes) is 4. The highest BCUT2D eigenvalue weighted by molar-refractivity contribution is 6.83. The summed E-state index contributed by atoms with van der Waals surface area (Å²) in [6.07, 6.45) is 15.3. The van der Waals surface area contributed by atoms with Gasteiger partial charge in [0.1, 0.15) is 0 Å². The average molecular weight is 236 g/mol. The first kappa shape index (κ1) is 15.4. The fourth-order valence-electron chi connectivity index (χ4n) is 1.29. The van der Waals surface area contributed by atoms with Crippen LogP contribution in [0.3, 0.4) is 0 Å². The third-order valence-electron chi connectivity index (χ3n) is 2.73. The molecule has 0 spiro atoms. The molecule has 16 heavy (non-hydrogen) atoms. The fourth-order valence-corrected chi connectivity index (χ4v) is 1.88. The van der Waals surface area contributed by atoms with Gasteiger partial charge >= 0.3 is 0 Å². The summed E-state index contributed by atoms with van der Waals surface area (Å²) in [5, 5.41) is 1.32. The van der Waals surface area contributed by atoms with Crippen LogP contribution in [0.1, 0.15) is 39.0 Å². The molecule has 0 aliphatic rings. The van der Waals surface area contributed by atoms with E-state index in [9.17, 15) is 0 Å². The molecule has 0 nitrogen and oxygen atoms in total. The van der Waals surface area contributed by atoms with Crippen molar-refractivity contribution in [3.63, 3.8) is 0 Å². The molecular formula is C15H28Si. The van der Waals surface area contributed by atoms with Crippen molar-refractivity contribution in [1.82, 2.24) is 0 Å². The second-order valence-electron chi connectivity index (χ2n) is 5.41. The van der Waals surface area contributed by atoms with Gasteiger partial charge in [0.25, 0.3) is 0 Å². The minimum atomic E-state index is -1.16. The van der Waals surface area contributed by atoms with Gasteiger partial charge in [-0.2, -0.15) is 0 Å². The molecule has 0 aliphatic carbocycles. The summed E-state index contributed by atoms with van der Waals surface area (Å²) in [5.41, 5.74) is 0. The van der Waals surface area contributed by atoms with Gasteiger partial charge in [0.2, 0.25) is 0 Å². The van der Waals surface area contributed by atoms with Crippen LogP contribution in [0, 0.1) is 0 Å². The van der Waals surface area contributed by atoms with Crippen LogP contribution in [-0.4, -0.2) is 8.07 Å². The molecule has 0 aromatic carbocycles. The molecule has 0 heterocycles. The Labute approximate surface area is 103 Å². The minimum absolute atomic E-state index is 1.16. The summed E-state index contributed by atoms with van der Waals surface area (Å²) in [6, 6.07) is 0. The maximum absolute atomic E-state index is 4.13. The van der Waals surface area contributed by atoms with E-state index in [2.05, 4.69) is 57.4 Å². The molecule has 0 radical (unpaired) electrons. The lowest BCUT2D eigenvalue weighted by molar-refractivity contribution is 0.674. The number of allylic oxidation sites excluding steroid dienone is 5. The summed E-state index contributed by atoms with van der Waals surface area (Å²) in [6.45, 7) is 13.4. The van der Waals surface area contributed by atoms with Crippen LogP contribution >= 0.6 is 0 Å². The van der Waals surface area contributed by atoms with Gasteiger partial charge in [0.05, 0.1) is 8.07 Å². The van der Waals surface area contributed by atoms with Crippen LogP contribution in [0.2, 0.25) is 19.6 Å². The van der Waals surface area contributed by atoms with Crippen molar-refractivity contribution in [2.75, 3.05) is 0 Å². The topological polar surface area (TPSA) is 0 Å². The predicted octanol–water partition coefficient (Wildman–Crippen LogP) is 5.50. The molecule has 92 valence electrons. The zero-order valence-electron chi connectivity index (χ0n) is 11.6. The Kier molecular flexibility index (Phi) is 8.27. The van der Waals surface area contributed by atoms with Gasteiger partial charge in [-0.25, -0.2) is 0 Å². The Hall–Kier alpha value is -0.563. The van der Waals surface area contributed by atoms with Crippen molar-refractivity contribution in [3.8, 4) is 0 Å². The Bertz CT molecular complexity index is 241. The van der Waals surface area contributed by atoms with Crippen LogP contribution in [0.25, 0.3) is 0 Å². The summed E-state index contributed by atoms with van der Waals surface area (Å²) < 4.78 is 0. The van der Waals surface area contributed by atoms with Crippen LogP contribution in [-0.2, 0) is 0 Å². The van der Waals surface area contributed by atoms with E-state index in [-0.39, 0.29) is 0 Å². The number of hydrogen-bond donors (Lipinski definition) is 0. The quantitative estimate of drug-likeness (QED) is 0.296. The highest BCUT2D eigenvalue weighted by atomic mass is 28.3. The largest absolute Gasteiger partial charge is 0.0998 e. The van der Waals surface area contributed by atoms with E-state index >= 15 is 0 Å². The normalized spacial score (nSPS) is 12.8. The van der Waals surface area contributed by atoms with Gasteiger partial charge in [-0.3, -0.25) is 0 Å². The molecule has 0 amide bonds. The van der Waals surface area contributed by atoms with Gasteiger partial charge in [0, 0.05) is 0 Å². The van der Waals surface area contributed by atoms with E-state index in [0.717, 1.165) is 0 Å². The molecule has 0 aromatic rings. The van der Waals surface area contributed by atoms with Crippen LogP contribution < -0.4 is 0 Å². The van der Waals surface area contributed by atoms with E-state index in [0.29, 0.717) is 0 Å². The van der Waals surface area contributed by atoms with E-state index in [1.165, 1.54) is 37.3 Å². The van der Waals surface area contributed by atoms with Crippen LogP contribution in [0.5, 0.6) is 0 Å². The molecule has 0 aliphatic heterocycles. The van der Waals surface area contributed by atoms with Crippen molar-refractivity contribution in [1.29, 1.82) is 0 Å². The van der Waals surface area contributed by atoms with Gasteiger partial charge in [-0.05, 0) is 12.8 Å². The van der Waals surface area contributed by atoms with Crippen molar-refractivity contribution in [3.05, 3.63) is 36.1 Å². The monoisotopic (exact) mass is 236 g/mol. The first-order valence-electron chi connectivity index (χ1n) is 6.51. The van der Waals surface area contributed by atoms with E-state index in [1.54, 1.807) is 0 Å². The zero-order chi connectivity index (χ0) is 12.4. The standard InChI is InChI=1S/C15H28Si/c1-6-7-8-9-10-11-12-13-14-15(2)16(3,4)5/h11-14H,2,6-10H2,1,3-5H3/b12-11-,14-13+. The molecular weight excluding hydrogens is 208 g/mol. The van der Waals surface area contributed by atoms with Crippen molar-refractivity contribution in [2.45, 2.75) is 58.7 Å². The molecule has 0 saturated carbocycles. The third kappa shape index (κ3) is 8.72. The molecule has 0 unspecified atom stereocenters. The van der Waals surface area contributed by atoms with Crippen LogP contribution in [0.4, 0.5) is 0 Å². The second kappa shape index (κ2) is 8.57. The molecule has 0 N–H and O–H groups in total. The lowest BCUT2D eigenvalue weighted by Crippen LogP contribution is -2.21. The van der Waals surface area contributed by atoms with Crippen molar-refractivity contribution in [2.24, 2.45) is 0 Å². The lowest BCUT2D eigenvalue weighted by atomic mass is 10.1. The fraction of sp³-hybridized carbons (Fsp3) is 0.600. The van der Waals surface area contributed by atoms with Crippen LogP contribution in [0.15, 0.2) is 36.1 Å². The van der Waals surface area contributed by atoms with Crippen molar-refractivity contribution >= 4 is 8.07 Å². The first-order chi connectivity index (χ1) is 7.48. The molecule has 0 aromatic heterocycles. The zero-order valence-corrected chi connectivity index (χ0v) is 12.6. The average Bonchev–Trinajstić information content (AvgIpc) is 2.20. The molecule has 0 fully saturated rings. The maximum Gasteiger partial charge on any atom is 0.0768 e. The van der Waals surface area contributed by atoms with E-state index in [4.69, 9.17) is 0 Å². The highest BCUT2D eigenvalue weighted by Gasteiger charge is 2.14. The summed E-state index contributed by atoms with van der Waals surface area (Å²) in [7, 11) is -1.16. The molecule has 0 atom stereocenters. The third-order valence-corrected chi connectivity index (χ3v) is 4.83. The molecule has 1 heteroatoms. The lowest BCUT2D eigenvalue weighted by Gasteiger charge is -2.15. The Balaban J connectivity index is 3.67. The van der Waals surface area contributed by atoms with Gasteiger partial charge in [0.15, 0.2) is 0 Å². The van der Waals surface area contributed by atoms with E-state index in [1.807, 2.05) is 0 Å². The number of rotatable bonds is 8. The summed E-state index contributed by atoms with van der Waals surface area (Å²) >= 11 is 0. The predicted molar refractivity (Wildman–Crippen MR) is 79.5 cm³/mol. The summed E-state index contributed by atoms with van der Waals surface area (Å²) in [5.74, 6) is 0. The molecule has 0 rings (SSSR count). The SMILES string of the molecule is C=C(/C=C/C=C\CCCCCC)[Si](C)(C)C. The maximum atomic E-state index is 4.13. The minimum Gasteiger partial charge on any atom is -0.0998 e. The Morgan fingerprint density at radius 2 is 1.75 bits per heavy atom. The highest BCUT2D eigenvalue weighted by Crippen LogP contribution is 2.13. The van der Waals surface area contributed by atoms with Crippen molar-refractivity contribution < 1.29 is 0 Å². The smallest absolute Gasteiger partial charge is 0.0768 e. The van der Waals surface area contributed by atoms with E-state index < -0.39 is 8.07 Å². The second-order valence-corrected chi connectivity index (χ2v) is 10.6. The van der Waals surface area contributed by atoms with Gasteiger partial charge in [-0.1, -0.05) is 81.9 Å². The first-order valence-corrected chi connectivity index (χ1v) is 10.0. The number of hydrogen-bond acceptors (Lipinski definition) is 0. The molecule has 0 saturated heterocycles.